The van der Waals surface area contributed by atoms with Gasteiger partial charge < -0.3 is 16.2 Å². The summed E-state index contributed by atoms with van der Waals surface area (Å²) in [5.41, 5.74) is 4.86. The molecule has 0 radical (unpaired) electrons. The van der Waals surface area contributed by atoms with Crippen molar-refractivity contribution in [1.29, 1.82) is 0 Å². The van der Waals surface area contributed by atoms with Crippen LogP contribution >= 0.6 is 0 Å². The molecule has 1 aromatic carbocycles. The second-order valence-electron chi connectivity index (χ2n) is 5.56. The zero-order valence-electron chi connectivity index (χ0n) is 11.4. The number of amides is 1. The smallest absolute Gasteiger partial charge is 0.242 e. The average molecular weight is 250 g/mol. The van der Waals surface area contributed by atoms with Crippen LogP contribution in [0.25, 0.3) is 0 Å². The SMILES string of the molecule is CC(C)(O)C(C)(C)NC(=O)[C@@H](N)c1ccccc1. The van der Waals surface area contributed by atoms with Crippen LogP contribution in [0.5, 0.6) is 0 Å². The quantitative estimate of drug-likeness (QED) is 0.755. The van der Waals surface area contributed by atoms with Crippen LogP contribution in [0.2, 0.25) is 0 Å². The summed E-state index contributed by atoms with van der Waals surface area (Å²) in [5, 5.41) is 12.8. The summed E-state index contributed by atoms with van der Waals surface area (Å²) in [4.78, 5) is 12.1. The Labute approximate surface area is 108 Å². The Kier molecular flexibility index (Phi) is 4.14. The molecule has 4 N–H and O–H groups in total. The van der Waals surface area contributed by atoms with Gasteiger partial charge in [0.25, 0.3) is 0 Å². The van der Waals surface area contributed by atoms with Crippen LogP contribution in [0.15, 0.2) is 30.3 Å². The first-order valence-corrected chi connectivity index (χ1v) is 6.00. The maximum atomic E-state index is 12.1. The van der Waals surface area contributed by atoms with Crippen LogP contribution < -0.4 is 11.1 Å². The molecule has 0 saturated carbocycles. The summed E-state index contributed by atoms with van der Waals surface area (Å²) in [6.45, 7) is 6.84. The van der Waals surface area contributed by atoms with E-state index in [1.54, 1.807) is 39.8 Å². The second-order valence-corrected chi connectivity index (χ2v) is 5.56. The summed E-state index contributed by atoms with van der Waals surface area (Å²) < 4.78 is 0. The lowest BCUT2D eigenvalue weighted by atomic mass is 9.85. The fraction of sp³-hybridized carbons (Fsp3) is 0.500. The number of nitrogens with two attached hydrogens (primary N) is 1. The molecule has 100 valence electrons. The second kappa shape index (κ2) is 5.08. The van der Waals surface area contributed by atoms with Crippen molar-refractivity contribution in [2.75, 3.05) is 0 Å². The van der Waals surface area contributed by atoms with Crippen LogP contribution in [-0.4, -0.2) is 22.2 Å². The summed E-state index contributed by atoms with van der Waals surface area (Å²) in [6, 6.07) is 8.43. The van der Waals surface area contributed by atoms with E-state index in [-0.39, 0.29) is 5.91 Å². The molecule has 1 aromatic rings. The predicted octanol–water partition coefficient (Wildman–Crippen LogP) is 1.35. The number of carbonyl (C=O) groups excluding carboxylic acids is 1. The highest BCUT2D eigenvalue weighted by molar-refractivity contribution is 5.83. The van der Waals surface area contributed by atoms with Gasteiger partial charge in [-0.05, 0) is 33.3 Å². The van der Waals surface area contributed by atoms with Crippen molar-refractivity contribution in [2.24, 2.45) is 5.73 Å². The van der Waals surface area contributed by atoms with Gasteiger partial charge in [0.2, 0.25) is 5.91 Å². The Morgan fingerprint density at radius 3 is 2.17 bits per heavy atom. The number of rotatable bonds is 4. The van der Waals surface area contributed by atoms with Gasteiger partial charge in [0.1, 0.15) is 6.04 Å². The fourth-order valence-electron chi connectivity index (χ4n) is 1.35. The molecule has 0 aliphatic rings. The molecule has 0 bridgehead atoms. The Balaban J connectivity index is 2.78. The number of carbonyl (C=O) groups is 1. The highest BCUT2D eigenvalue weighted by Gasteiger charge is 2.37. The zero-order valence-corrected chi connectivity index (χ0v) is 11.4. The molecule has 0 spiro atoms. The van der Waals surface area contributed by atoms with Gasteiger partial charge >= 0.3 is 0 Å². The van der Waals surface area contributed by atoms with Crippen LogP contribution in [0.1, 0.15) is 39.3 Å². The van der Waals surface area contributed by atoms with Crippen molar-refractivity contribution >= 4 is 5.91 Å². The molecule has 0 aromatic heterocycles. The molecule has 0 aliphatic carbocycles. The minimum Gasteiger partial charge on any atom is -0.388 e. The molecule has 0 aliphatic heterocycles. The first-order chi connectivity index (χ1) is 8.15. The standard InChI is InChI=1S/C14H22N2O2/c1-13(2,14(3,4)18)16-12(17)11(15)10-8-6-5-7-9-10/h5-9,11,18H,15H2,1-4H3,(H,16,17)/t11-/m0/s1. The first kappa shape index (κ1) is 14.7. The van der Waals surface area contributed by atoms with E-state index >= 15 is 0 Å². The third-order valence-electron chi connectivity index (χ3n) is 3.41. The molecule has 1 rings (SSSR count). The van der Waals surface area contributed by atoms with Gasteiger partial charge in [-0.2, -0.15) is 0 Å². The molecule has 4 nitrogen and oxygen atoms in total. The molecular formula is C14H22N2O2. The number of hydrogen-bond acceptors (Lipinski definition) is 3. The van der Waals surface area contributed by atoms with Crippen LogP contribution in [0.4, 0.5) is 0 Å². The maximum absolute atomic E-state index is 12.1. The lowest BCUT2D eigenvalue weighted by Gasteiger charge is -2.38. The van der Waals surface area contributed by atoms with Gasteiger partial charge in [-0.1, -0.05) is 30.3 Å². The number of benzene rings is 1. The van der Waals surface area contributed by atoms with Gasteiger partial charge in [-0.3, -0.25) is 4.79 Å². The molecular weight excluding hydrogens is 228 g/mol. The van der Waals surface area contributed by atoms with Gasteiger partial charge in [0, 0.05) is 0 Å². The molecule has 4 heteroatoms. The highest BCUT2D eigenvalue weighted by atomic mass is 16.3. The van der Waals surface area contributed by atoms with E-state index in [9.17, 15) is 9.90 Å². The fourth-order valence-corrected chi connectivity index (χ4v) is 1.35. The lowest BCUT2D eigenvalue weighted by molar-refractivity contribution is -0.127. The van der Waals surface area contributed by atoms with E-state index in [0.717, 1.165) is 5.56 Å². The van der Waals surface area contributed by atoms with E-state index in [0.29, 0.717) is 0 Å². The zero-order chi connectivity index (χ0) is 14.0. The summed E-state index contributed by atoms with van der Waals surface area (Å²) in [5.74, 6) is -0.298. The van der Waals surface area contributed by atoms with E-state index in [1.165, 1.54) is 0 Å². The number of nitrogens with one attached hydrogen (secondary N) is 1. The van der Waals surface area contributed by atoms with E-state index in [2.05, 4.69) is 5.32 Å². The van der Waals surface area contributed by atoms with Crippen molar-refractivity contribution < 1.29 is 9.90 Å². The third-order valence-corrected chi connectivity index (χ3v) is 3.41. The van der Waals surface area contributed by atoms with E-state index in [4.69, 9.17) is 5.73 Å². The van der Waals surface area contributed by atoms with Crippen molar-refractivity contribution in [1.82, 2.24) is 5.32 Å². The van der Waals surface area contributed by atoms with Crippen LogP contribution in [-0.2, 0) is 4.79 Å². The van der Waals surface area contributed by atoms with Gasteiger partial charge in [-0.25, -0.2) is 0 Å². The minimum atomic E-state index is -1.03. The highest BCUT2D eigenvalue weighted by Crippen LogP contribution is 2.21. The monoisotopic (exact) mass is 250 g/mol. The van der Waals surface area contributed by atoms with E-state index in [1.807, 2.05) is 18.2 Å². The summed E-state index contributed by atoms with van der Waals surface area (Å²) >= 11 is 0. The summed E-state index contributed by atoms with van der Waals surface area (Å²) in [6.07, 6.45) is 0. The average Bonchev–Trinajstić information content (AvgIpc) is 2.27. The molecule has 18 heavy (non-hydrogen) atoms. The van der Waals surface area contributed by atoms with E-state index < -0.39 is 17.2 Å². The number of hydrogen-bond donors (Lipinski definition) is 3. The molecule has 0 unspecified atom stereocenters. The van der Waals surface area contributed by atoms with Crippen LogP contribution in [0, 0.1) is 0 Å². The van der Waals surface area contributed by atoms with Gasteiger partial charge in [0.15, 0.2) is 0 Å². The Morgan fingerprint density at radius 1 is 1.22 bits per heavy atom. The topological polar surface area (TPSA) is 75.3 Å². The van der Waals surface area contributed by atoms with Crippen LogP contribution in [0.3, 0.4) is 0 Å². The van der Waals surface area contributed by atoms with Crippen molar-refractivity contribution in [3.63, 3.8) is 0 Å². The molecule has 1 atom stereocenters. The Bertz CT molecular complexity index is 408. The Hall–Kier alpha value is -1.39. The predicted molar refractivity (Wildman–Crippen MR) is 71.9 cm³/mol. The molecule has 1 amide bonds. The molecule has 0 heterocycles. The maximum Gasteiger partial charge on any atom is 0.242 e. The largest absolute Gasteiger partial charge is 0.388 e. The number of aliphatic hydroxyl groups is 1. The van der Waals surface area contributed by atoms with Crippen molar-refractivity contribution in [3.8, 4) is 0 Å². The third kappa shape index (κ3) is 3.31. The van der Waals surface area contributed by atoms with Crippen molar-refractivity contribution in [2.45, 2.75) is 44.9 Å². The molecule has 0 fully saturated rings. The normalized spacial score (nSPS) is 14.1. The minimum absolute atomic E-state index is 0.298. The molecule has 0 saturated heterocycles. The van der Waals surface area contributed by atoms with Gasteiger partial charge in [-0.15, -0.1) is 0 Å². The first-order valence-electron chi connectivity index (χ1n) is 6.00. The summed E-state index contributed by atoms with van der Waals surface area (Å²) in [7, 11) is 0. The lowest BCUT2D eigenvalue weighted by Crippen LogP contribution is -2.59. The van der Waals surface area contributed by atoms with Gasteiger partial charge in [0.05, 0.1) is 11.1 Å². The Morgan fingerprint density at radius 2 is 1.72 bits per heavy atom. The van der Waals surface area contributed by atoms with Crippen molar-refractivity contribution in [3.05, 3.63) is 35.9 Å².